The fourth-order valence-corrected chi connectivity index (χ4v) is 2.68. The van der Waals surface area contributed by atoms with Gasteiger partial charge in [0.1, 0.15) is 0 Å². The molecule has 1 aliphatic heterocycles. The molecule has 0 atom stereocenters. The predicted octanol–water partition coefficient (Wildman–Crippen LogP) is 1.11. The van der Waals surface area contributed by atoms with Crippen LogP contribution in [0, 0.1) is 5.92 Å². The van der Waals surface area contributed by atoms with Crippen LogP contribution in [0.25, 0.3) is 5.78 Å². The summed E-state index contributed by atoms with van der Waals surface area (Å²) in [5.74, 6) is 0.701. The van der Waals surface area contributed by atoms with Crippen molar-refractivity contribution >= 4 is 11.7 Å². The van der Waals surface area contributed by atoms with E-state index >= 15 is 0 Å². The summed E-state index contributed by atoms with van der Waals surface area (Å²) >= 11 is 0. The monoisotopic (exact) mass is 274 g/mol. The summed E-state index contributed by atoms with van der Waals surface area (Å²) in [6.07, 6.45) is 7.42. The topological polar surface area (TPSA) is 59.7 Å². The number of hydrogen-bond acceptors (Lipinski definition) is 5. The van der Waals surface area contributed by atoms with E-state index in [0.29, 0.717) is 0 Å². The first-order valence-electron chi connectivity index (χ1n) is 6.85. The van der Waals surface area contributed by atoms with Crippen LogP contribution in [-0.2, 0) is 16.1 Å². The molecular formula is C14H18N4O2. The lowest BCUT2D eigenvalue weighted by Gasteiger charge is -2.29. The number of nitrogens with zero attached hydrogens (tertiary/aromatic N) is 4. The van der Waals surface area contributed by atoms with Crippen LogP contribution in [0.4, 0.5) is 0 Å². The van der Waals surface area contributed by atoms with Crippen LogP contribution < -0.4 is 0 Å². The zero-order chi connectivity index (χ0) is 13.9. The lowest BCUT2D eigenvalue weighted by atomic mass is 9.97. The Balaban J connectivity index is 1.60. The van der Waals surface area contributed by atoms with Crippen molar-refractivity contribution in [3.8, 4) is 0 Å². The Kier molecular flexibility index (Phi) is 3.64. The molecule has 106 valence electrons. The Morgan fingerprint density at radius 3 is 2.95 bits per heavy atom. The maximum Gasteiger partial charge on any atom is 0.308 e. The van der Waals surface area contributed by atoms with Gasteiger partial charge < -0.3 is 4.74 Å². The number of imidazole rings is 1. The molecular weight excluding hydrogens is 256 g/mol. The van der Waals surface area contributed by atoms with Gasteiger partial charge in [0.15, 0.2) is 0 Å². The molecule has 0 bridgehead atoms. The normalized spacial score (nSPS) is 17.4. The molecule has 0 spiro atoms. The van der Waals surface area contributed by atoms with E-state index in [4.69, 9.17) is 4.74 Å². The molecule has 2 aromatic rings. The number of piperidine rings is 1. The first-order chi connectivity index (χ1) is 9.76. The smallest absolute Gasteiger partial charge is 0.308 e. The van der Waals surface area contributed by atoms with E-state index in [1.807, 2.05) is 22.9 Å². The molecule has 1 aliphatic rings. The van der Waals surface area contributed by atoms with Gasteiger partial charge in [0.2, 0.25) is 5.78 Å². The van der Waals surface area contributed by atoms with Crippen LogP contribution in [-0.4, -0.2) is 45.4 Å². The zero-order valence-corrected chi connectivity index (χ0v) is 11.5. The summed E-state index contributed by atoms with van der Waals surface area (Å²) in [7, 11) is 1.46. The summed E-state index contributed by atoms with van der Waals surface area (Å²) in [4.78, 5) is 22.5. The summed E-state index contributed by atoms with van der Waals surface area (Å²) in [5.41, 5.74) is 1.01. The summed E-state index contributed by atoms with van der Waals surface area (Å²) in [6, 6.07) is 1.89. The Morgan fingerprint density at radius 1 is 1.45 bits per heavy atom. The number of fused-ring (bicyclic) bond motifs is 1. The van der Waals surface area contributed by atoms with Crippen LogP contribution >= 0.6 is 0 Å². The third-order valence-corrected chi connectivity index (χ3v) is 3.79. The van der Waals surface area contributed by atoms with Gasteiger partial charge >= 0.3 is 5.97 Å². The molecule has 3 rings (SSSR count). The standard InChI is InChI=1S/C14H18N4O2/c1-20-13(19)11-3-7-17(8-4-11)9-12-10-18-6-2-5-15-14(18)16-12/h2,5-6,10-11H,3-4,7-9H2,1H3. The van der Waals surface area contributed by atoms with Gasteiger partial charge in [0.25, 0.3) is 0 Å². The third kappa shape index (κ3) is 2.65. The number of aromatic nitrogens is 3. The molecule has 6 nitrogen and oxygen atoms in total. The summed E-state index contributed by atoms with van der Waals surface area (Å²) in [5, 5.41) is 0. The Labute approximate surface area is 117 Å². The molecule has 1 saturated heterocycles. The number of carbonyl (C=O) groups excluding carboxylic acids is 1. The average molecular weight is 274 g/mol. The van der Waals surface area contributed by atoms with Crippen LogP contribution in [0.15, 0.2) is 24.7 Å². The van der Waals surface area contributed by atoms with Crippen LogP contribution in [0.1, 0.15) is 18.5 Å². The molecule has 0 aromatic carbocycles. The zero-order valence-electron chi connectivity index (χ0n) is 11.5. The average Bonchev–Trinajstić information content (AvgIpc) is 2.89. The maximum absolute atomic E-state index is 11.5. The summed E-state index contributed by atoms with van der Waals surface area (Å²) < 4.78 is 6.73. The maximum atomic E-state index is 11.5. The number of methoxy groups -OCH3 is 1. The lowest BCUT2D eigenvalue weighted by Crippen LogP contribution is -2.36. The second-order valence-corrected chi connectivity index (χ2v) is 5.13. The number of ether oxygens (including phenoxy) is 1. The van der Waals surface area contributed by atoms with Crippen LogP contribution in [0.3, 0.4) is 0 Å². The molecule has 0 radical (unpaired) electrons. The van der Waals surface area contributed by atoms with Crippen molar-refractivity contribution in [1.82, 2.24) is 19.3 Å². The number of hydrogen-bond donors (Lipinski definition) is 0. The molecule has 0 amide bonds. The fourth-order valence-electron chi connectivity index (χ4n) is 2.68. The van der Waals surface area contributed by atoms with E-state index in [0.717, 1.165) is 43.9 Å². The van der Waals surface area contributed by atoms with E-state index in [2.05, 4.69) is 14.9 Å². The van der Waals surface area contributed by atoms with Crippen molar-refractivity contribution in [3.05, 3.63) is 30.4 Å². The van der Waals surface area contributed by atoms with Gasteiger partial charge in [-0.15, -0.1) is 0 Å². The molecule has 0 saturated carbocycles. The highest BCUT2D eigenvalue weighted by molar-refractivity contribution is 5.72. The van der Waals surface area contributed by atoms with Crippen molar-refractivity contribution in [1.29, 1.82) is 0 Å². The van der Waals surface area contributed by atoms with E-state index in [9.17, 15) is 4.79 Å². The molecule has 1 fully saturated rings. The summed E-state index contributed by atoms with van der Waals surface area (Å²) in [6.45, 7) is 2.61. The van der Waals surface area contributed by atoms with Gasteiger partial charge in [-0.3, -0.25) is 14.1 Å². The van der Waals surface area contributed by atoms with Crippen LogP contribution in [0.5, 0.6) is 0 Å². The van der Waals surface area contributed by atoms with E-state index in [-0.39, 0.29) is 11.9 Å². The number of rotatable bonds is 3. The van der Waals surface area contributed by atoms with Crippen molar-refractivity contribution in [2.45, 2.75) is 19.4 Å². The quantitative estimate of drug-likeness (QED) is 0.785. The minimum absolute atomic E-state index is 0.0546. The van der Waals surface area contributed by atoms with Crippen LogP contribution in [0.2, 0.25) is 0 Å². The highest BCUT2D eigenvalue weighted by Gasteiger charge is 2.25. The fraction of sp³-hybridized carbons (Fsp3) is 0.500. The predicted molar refractivity (Wildman–Crippen MR) is 73.0 cm³/mol. The van der Waals surface area contributed by atoms with Crippen molar-refractivity contribution in [2.75, 3.05) is 20.2 Å². The van der Waals surface area contributed by atoms with E-state index < -0.39 is 0 Å². The number of carbonyl (C=O) groups is 1. The number of likely N-dealkylation sites (tertiary alicyclic amines) is 1. The molecule has 20 heavy (non-hydrogen) atoms. The number of esters is 1. The molecule has 0 aliphatic carbocycles. The Morgan fingerprint density at radius 2 is 2.25 bits per heavy atom. The van der Waals surface area contributed by atoms with Gasteiger partial charge in [-0.05, 0) is 32.0 Å². The SMILES string of the molecule is COC(=O)C1CCN(Cc2cn3cccnc3n2)CC1. The van der Waals surface area contributed by atoms with Gasteiger partial charge in [-0.2, -0.15) is 0 Å². The Bertz CT molecular complexity index is 569. The minimum atomic E-state index is -0.0819. The molecule has 3 heterocycles. The minimum Gasteiger partial charge on any atom is -0.469 e. The highest BCUT2D eigenvalue weighted by Crippen LogP contribution is 2.19. The second kappa shape index (κ2) is 5.58. The molecule has 2 aromatic heterocycles. The van der Waals surface area contributed by atoms with Crippen molar-refractivity contribution in [2.24, 2.45) is 5.92 Å². The van der Waals surface area contributed by atoms with Gasteiger partial charge in [0.05, 0.1) is 18.7 Å². The van der Waals surface area contributed by atoms with Gasteiger partial charge in [0, 0.05) is 25.1 Å². The first kappa shape index (κ1) is 13.1. The van der Waals surface area contributed by atoms with Gasteiger partial charge in [-0.1, -0.05) is 0 Å². The molecule has 0 unspecified atom stereocenters. The van der Waals surface area contributed by atoms with Gasteiger partial charge in [-0.25, -0.2) is 9.97 Å². The van der Waals surface area contributed by atoms with Crippen molar-refractivity contribution in [3.63, 3.8) is 0 Å². The lowest BCUT2D eigenvalue weighted by molar-refractivity contribution is -0.147. The Hall–Kier alpha value is -1.95. The highest BCUT2D eigenvalue weighted by atomic mass is 16.5. The first-order valence-corrected chi connectivity index (χ1v) is 6.85. The van der Waals surface area contributed by atoms with E-state index in [1.54, 1.807) is 6.20 Å². The largest absolute Gasteiger partial charge is 0.469 e. The molecule has 6 heteroatoms. The van der Waals surface area contributed by atoms with Crippen molar-refractivity contribution < 1.29 is 9.53 Å². The third-order valence-electron chi connectivity index (χ3n) is 3.79. The molecule has 0 N–H and O–H groups in total. The second-order valence-electron chi connectivity index (χ2n) is 5.13. The van der Waals surface area contributed by atoms with E-state index in [1.165, 1.54) is 7.11 Å².